The van der Waals surface area contributed by atoms with E-state index in [2.05, 4.69) is 10.6 Å². The zero-order valence-electron chi connectivity index (χ0n) is 14.6. The van der Waals surface area contributed by atoms with E-state index in [9.17, 15) is 14.7 Å². The van der Waals surface area contributed by atoms with Crippen molar-refractivity contribution in [2.75, 3.05) is 18.5 Å². The first kappa shape index (κ1) is 17.9. The minimum atomic E-state index is -1.06. The van der Waals surface area contributed by atoms with Crippen LogP contribution in [-0.4, -0.2) is 35.7 Å². The van der Waals surface area contributed by atoms with Crippen LogP contribution in [0.25, 0.3) is 0 Å². The molecule has 6 heteroatoms. The largest absolute Gasteiger partial charge is 0.494 e. The normalized spacial score (nSPS) is 14.4. The zero-order chi connectivity index (χ0) is 18.6. The van der Waals surface area contributed by atoms with Gasteiger partial charge in [-0.25, -0.2) is 0 Å². The van der Waals surface area contributed by atoms with E-state index in [-0.39, 0.29) is 6.54 Å². The van der Waals surface area contributed by atoms with Crippen molar-refractivity contribution in [3.8, 4) is 5.75 Å². The summed E-state index contributed by atoms with van der Waals surface area (Å²) in [5, 5.41) is 15.7. The lowest BCUT2D eigenvalue weighted by molar-refractivity contribution is -0.136. The van der Waals surface area contributed by atoms with Crippen LogP contribution < -0.4 is 15.4 Å². The number of hydrogen-bond acceptors (Lipinski definition) is 4. The summed E-state index contributed by atoms with van der Waals surface area (Å²) >= 11 is 0. The van der Waals surface area contributed by atoms with E-state index in [1.807, 2.05) is 31.2 Å². The highest BCUT2D eigenvalue weighted by atomic mass is 16.5. The minimum absolute atomic E-state index is 0.0250. The summed E-state index contributed by atoms with van der Waals surface area (Å²) in [5.74, 6) is -0.852. The van der Waals surface area contributed by atoms with Gasteiger partial charge >= 0.3 is 11.8 Å². The van der Waals surface area contributed by atoms with Crippen molar-refractivity contribution >= 4 is 17.5 Å². The lowest BCUT2D eigenvalue weighted by Crippen LogP contribution is -2.46. The minimum Gasteiger partial charge on any atom is -0.494 e. The molecule has 0 unspecified atom stereocenters. The second-order valence-electron chi connectivity index (χ2n) is 6.44. The van der Waals surface area contributed by atoms with E-state index in [0.29, 0.717) is 30.9 Å². The molecule has 1 aliphatic rings. The quantitative estimate of drug-likeness (QED) is 0.713. The first-order valence-corrected chi connectivity index (χ1v) is 8.60. The molecule has 0 aromatic heterocycles. The Morgan fingerprint density at radius 1 is 1.04 bits per heavy atom. The monoisotopic (exact) mass is 354 g/mol. The summed E-state index contributed by atoms with van der Waals surface area (Å²) in [6, 6.07) is 14.5. The molecule has 0 atom stereocenters. The number of rotatable bonds is 5. The average molecular weight is 354 g/mol. The molecule has 0 spiro atoms. The molecular formula is C20H22N2O4. The van der Waals surface area contributed by atoms with Crippen LogP contribution in [0.2, 0.25) is 0 Å². The molecule has 2 amide bonds. The third-order valence-corrected chi connectivity index (χ3v) is 4.36. The van der Waals surface area contributed by atoms with E-state index < -0.39 is 17.4 Å². The number of nitrogens with one attached hydrogen (secondary N) is 2. The molecule has 2 aromatic rings. The number of benzene rings is 2. The predicted molar refractivity (Wildman–Crippen MR) is 98.1 cm³/mol. The van der Waals surface area contributed by atoms with Gasteiger partial charge in [-0.15, -0.1) is 0 Å². The maximum absolute atomic E-state index is 12.0. The first-order valence-electron chi connectivity index (χ1n) is 8.60. The second-order valence-corrected chi connectivity index (χ2v) is 6.44. The van der Waals surface area contributed by atoms with Gasteiger partial charge in [-0.1, -0.05) is 24.3 Å². The SMILES string of the molecule is CCOc1ccc(NC(=O)C(=O)NCC2(O)Cc3ccccc3C2)cc1. The van der Waals surface area contributed by atoms with Crippen molar-refractivity contribution in [2.24, 2.45) is 0 Å². The number of carbonyl (C=O) groups excluding carboxylic acids is 2. The lowest BCUT2D eigenvalue weighted by Gasteiger charge is -2.22. The summed E-state index contributed by atoms with van der Waals surface area (Å²) in [6.07, 6.45) is 0.925. The van der Waals surface area contributed by atoms with Crippen LogP contribution in [-0.2, 0) is 22.4 Å². The molecule has 0 aliphatic heterocycles. The molecule has 136 valence electrons. The van der Waals surface area contributed by atoms with E-state index in [1.165, 1.54) is 0 Å². The molecular weight excluding hydrogens is 332 g/mol. The van der Waals surface area contributed by atoms with Gasteiger partial charge in [0.15, 0.2) is 0 Å². The van der Waals surface area contributed by atoms with Gasteiger partial charge in [-0.3, -0.25) is 9.59 Å². The van der Waals surface area contributed by atoms with Crippen LogP contribution in [0.4, 0.5) is 5.69 Å². The Bertz CT molecular complexity index is 777. The average Bonchev–Trinajstić information content (AvgIpc) is 2.98. The summed E-state index contributed by atoms with van der Waals surface area (Å²) in [7, 11) is 0. The second kappa shape index (κ2) is 7.58. The van der Waals surface area contributed by atoms with Crippen LogP contribution in [0.15, 0.2) is 48.5 Å². The summed E-state index contributed by atoms with van der Waals surface area (Å²) < 4.78 is 5.33. The van der Waals surface area contributed by atoms with Crippen molar-refractivity contribution in [2.45, 2.75) is 25.4 Å². The molecule has 2 aromatic carbocycles. The third kappa shape index (κ3) is 4.21. The van der Waals surface area contributed by atoms with Crippen LogP contribution in [0.1, 0.15) is 18.1 Å². The molecule has 0 bridgehead atoms. The Kier molecular flexibility index (Phi) is 5.23. The molecule has 1 aliphatic carbocycles. The van der Waals surface area contributed by atoms with Crippen LogP contribution in [0.3, 0.4) is 0 Å². The zero-order valence-corrected chi connectivity index (χ0v) is 14.6. The third-order valence-electron chi connectivity index (χ3n) is 4.36. The molecule has 0 saturated carbocycles. The maximum atomic E-state index is 12.0. The van der Waals surface area contributed by atoms with Crippen LogP contribution >= 0.6 is 0 Å². The molecule has 6 nitrogen and oxygen atoms in total. The molecule has 3 N–H and O–H groups in total. The molecule has 0 saturated heterocycles. The van der Waals surface area contributed by atoms with Crippen molar-refractivity contribution in [3.63, 3.8) is 0 Å². The van der Waals surface area contributed by atoms with Crippen molar-refractivity contribution < 1.29 is 19.4 Å². The topological polar surface area (TPSA) is 87.7 Å². The Balaban J connectivity index is 1.51. The molecule has 26 heavy (non-hydrogen) atoms. The van der Waals surface area contributed by atoms with E-state index in [4.69, 9.17) is 4.74 Å². The van der Waals surface area contributed by atoms with Gasteiger partial charge in [0.1, 0.15) is 5.75 Å². The molecule has 0 fully saturated rings. The standard InChI is InChI=1S/C20H22N2O4/c1-2-26-17-9-7-16(8-10-17)22-19(24)18(23)21-13-20(25)11-14-5-3-4-6-15(14)12-20/h3-10,25H,2,11-13H2,1H3,(H,21,23)(H,22,24). The maximum Gasteiger partial charge on any atom is 0.313 e. The lowest BCUT2D eigenvalue weighted by atomic mass is 10.0. The Morgan fingerprint density at radius 3 is 2.23 bits per heavy atom. The number of fused-ring (bicyclic) bond motifs is 1. The molecule has 3 rings (SSSR count). The summed E-state index contributed by atoms with van der Waals surface area (Å²) in [6.45, 7) is 2.47. The smallest absolute Gasteiger partial charge is 0.313 e. The van der Waals surface area contributed by atoms with Gasteiger partial charge in [0.25, 0.3) is 0 Å². The van der Waals surface area contributed by atoms with Crippen molar-refractivity contribution in [3.05, 3.63) is 59.7 Å². The Hall–Kier alpha value is -2.86. The highest BCUT2D eigenvalue weighted by molar-refractivity contribution is 6.39. The van der Waals surface area contributed by atoms with Crippen LogP contribution in [0.5, 0.6) is 5.75 Å². The number of ether oxygens (including phenoxy) is 1. The van der Waals surface area contributed by atoms with E-state index in [1.54, 1.807) is 24.3 Å². The molecule has 0 heterocycles. The fraction of sp³-hybridized carbons (Fsp3) is 0.300. The van der Waals surface area contributed by atoms with Gasteiger partial charge in [0.05, 0.1) is 12.2 Å². The number of amides is 2. The highest BCUT2D eigenvalue weighted by Gasteiger charge is 2.35. The Morgan fingerprint density at radius 2 is 1.65 bits per heavy atom. The summed E-state index contributed by atoms with van der Waals surface area (Å²) in [4.78, 5) is 24.0. The fourth-order valence-corrected chi connectivity index (χ4v) is 3.11. The van der Waals surface area contributed by atoms with Crippen LogP contribution in [0, 0.1) is 0 Å². The number of anilines is 1. The summed E-state index contributed by atoms with van der Waals surface area (Å²) in [5.41, 5.74) is 1.59. The Labute approximate surface area is 152 Å². The van der Waals surface area contributed by atoms with Gasteiger partial charge in [0.2, 0.25) is 0 Å². The predicted octanol–water partition coefficient (Wildman–Crippen LogP) is 1.67. The van der Waals surface area contributed by atoms with Crippen molar-refractivity contribution in [1.29, 1.82) is 0 Å². The van der Waals surface area contributed by atoms with Gasteiger partial charge in [0, 0.05) is 25.1 Å². The van der Waals surface area contributed by atoms with Gasteiger partial charge in [-0.2, -0.15) is 0 Å². The first-order chi connectivity index (χ1) is 12.5. The number of aliphatic hydroxyl groups is 1. The van der Waals surface area contributed by atoms with Crippen molar-refractivity contribution in [1.82, 2.24) is 5.32 Å². The molecule has 0 radical (unpaired) electrons. The van der Waals surface area contributed by atoms with Gasteiger partial charge < -0.3 is 20.5 Å². The van der Waals surface area contributed by atoms with E-state index >= 15 is 0 Å². The number of hydrogen-bond donors (Lipinski definition) is 3. The number of carbonyl (C=O) groups is 2. The van der Waals surface area contributed by atoms with Gasteiger partial charge in [-0.05, 0) is 42.3 Å². The highest BCUT2D eigenvalue weighted by Crippen LogP contribution is 2.29. The van der Waals surface area contributed by atoms with E-state index in [0.717, 1.165) is 11.1 Å². The fourth-order valence-electron chi connectivity index (χ4n) is 3.11.